The van der Waals surface area contributed by atoms with Crippen molar-refractivity contribution in [1.82, 2.24) is 0 Å². The lowest BCUT2D eigenvalue weighted by molar-refractivity contribution is 0.0977. The van der Waals surface area contributed by atoms with E-state index >= 15 is 0 Å². The number of carbonyl (C=O) groups excluding carboxylic acids is 1. The molecule has 0 fully saturated rings. The van der Waals surface area contributed by atoms with Gasteiger partial charge < -0.3 is 0 Å². The van der Waals surface area contributed by atoms with Crippen molar-refractivity contribution in [3.05, 3.63) is 131 Å². The molecule has 0 saturated carbocycles. The normalized spacial score (nSPS) is 15.5. The Hall–Kier alpha value is -3.98. The molecule has 0 saturated heterocycles. The maximum atomic E-state index is 13.9. The van der Waals surface area contributed by atoms with Crippen LogP contribution in [0.1, 0.15) is 39.5 Å². The van der Waals surface area contributed by atoms with Gasteiger partial charge in [0.25, 0.3) is 5.91 Å². The lowest BCUT2D eigenvalue weighted by atomic mass is 9.94. The molecule has 4 aromatic carbocycles. The summed E-state index contributed by atoms with van der Waals surface area (Å²) in [4.78, 5) is 20.9. The van der Waals surface area contributed by atoms with E-state index in [1.807, 2.05) is 77.7 Å². The van der Waals surface area contributed by atoms with Gasteiger partial charge in [-0.25, -0.2) is 0 Å². The van der Waals surface area contributed by atoms with Crippen molar-refractivity contribution in [2.24, 2.45) is 4.99 Å². The van der Waals surface area contributed by atoms with Gasteiger partial charge in [0.2, 0.25) is 0 Å². The van der Waals surface area contributed by atoms with Crippen molar-refractivity contribution in [1.29, 1.82) is 0 Å². The number of carbonyl (C=O) groups is 1. The summed E-state index contributed by atoms with van der Waals surface area (Å²) in [6.07, 6.45) is 0.625. The van der Waals surface area contributed by atoms with Gasteiger partial charge in [-0.3, -0.25) is 14.7 Å². The summed E-state index contributed by atoms with van der Waals surface area (Å²) in [5.74, 6) is -0.0202. The van der Waals surface area contributed by atoms with Crippen LogP contribution in [0.3, 0.4) is 0 Å². The molecular formula is C29H24N2O. The number of hydrogen-bond donors (Lipinski definition) is 0. The molecule has 4 aromatic rings. The summed E-state index contributed by atoms with van der Waals surface area (Å²) >= 11 is 0. The summed E-state index contributed by atoms with van der Waals surface area (Å²) < 4.78 is 0. The highest BCUT2D eigenvalue weighted by atomic mass is 16.2. The lowest BCUT2D eigenvalue weighted by Gasteiger charge is -2.32. The molecule has 0 spiro atoms. The minimum atomic E-state index is -0.175. The minimum absolute atomic E-state index is 0.0202. The molecule has 0 N–H and O–H groups in total. The molecule has 0 unspecified atom stereocenters. The fourth-order valence-corrected chi connectivity index (χ4v) is 4.23. The van der Waals surface area contributed by atoms with Gasteiger partial charge in [-0.2, -0.15) is 0 Å². The van der Waals surface area contributed by atoms with E-state index < -0.39 is 0 Å². The highest BCUT2D eigenvalue weighted by molar-refractivity contribution is 6.11. The maximum Gasteiger partial charge on any atom is 0.258 e. The smallest absolute Gasteiger partial charge is 0.258 e. The van der Waals surface area contributed by atoms with Crippen LogP contribution in [0.15, 0.2) is 114 Å². The SMILES string of the molecule is Cc1ccc([C@H]2CC(c3ccccc3)=Nc3ccccc3N2C(=O)c2ccccc2)cc1. The molecule has 1 amide bonds. The van der Waals surface area contributed by atoms with Crippen LogP contribution in [-0.4, -0.2) is 11.6 Å². The van der Waals surface area contributed by atoms with Crippen molar-refractivity contribution < 1.29 is 4.79 Å². The minimum Gasteiger partial charge on any atom is -0.298 e. The average Bonchev–Trinajstić information content (AvgIpc) is 3.02. The first-order chi connectivity index (χ1) is 15.7. The Balaban J connectivity index is 1.70. The van der Waals surface area contributed by atoms with Gasteiger partial charge in [0.05, 0.1) is 23.1 Å². The Morgan fingerprint density at radius 3 is 2.12 bits per heavy atom. The quantitative estimate of drug-likeness (QED) is 0.357. The van der Waals surface area contributed by atoms with Crippen molar-refractivity contribution in [3.8, 4) is 0 Å². The predicted molar refractivity (Wildman–Crippen MR) is 131 cm³/mol. The Bertz CT molecular complexity index is 1260. The maximum absolute atomic E-state index is 13.9. The van der Waals surface area contributed by atoms with E-state index in [0.29, 0.717) is 12.0 Å². The van der Waals surface area contributed by atoms with Crippen molar-refractivity contribution in [2.45, 2.75) is 19.4 Å². The van der Waals surface area contributed by atoms with Crippen LogP contribution in [0.4, 0.5) is 11.4 Å². The zero-order chi connectivity index (χ0) is 21.9. The topological polar surface area (TPSA) is 32.7 Å². The average molecular weight is 417 g/mol. The summed E-state index contributed by atoms with van der Waals surface area (Å²) in [6.45, 7) is 2.08. The zero-order valence-corrected chi connectivity index (χ0v) is 18.0. The number of hydrogen-bond acceptors (Lipinski definition) is 2. The standard InChI is InChI=1S/C29H24N2O/c1-21-16-18-23(19-17-21)28-20-26(22-10-4-2-5-11-22)30-25-14-8-9-15-27(25)31(28)29(32)24-12-6-3-7-13-24/h2-19,28H,20H2,1H3/t28-/m1/s1. The van der Waals surface area contributed by atoms with Gasteiger partial charge in [-0.15, -0.1) is 0 Å². The predicted octanol–water partition coefficient (Wildman–Crippen LogP) is 6.91. The number of anilines is 1. The van der Waals surface area contributed by atoms with Gasteiger partial charge in [0.15, 0.2) is 0 Å². The molecule has 0 aromatic heterocycles. The second kappa shape index (κ2) is 8.64. The Kier molecular flexibility index (Phi) is 5.39. The summed E-state index contributed by atoms with van der Waals surface area (Å²) in [6, 6.07) is 36.0. The number of para-hydroxylation sites is 2. The van der Waals surface area contributed by atoms with E-state index in [2.05, 4.69) is 43.3 Å². The van der Waals surface area contributed by atoms with Crippen LogP contribution in [0, 0.1) is 6.92 Å². The number of rotatable bonds is 3. The monoisotopic (exact) mass is 416 g/mol. The first-order valence-corrected chi connectivity index (χ1v) is 10.9. The van der Waals surface area contributed by atoms with Crippen molar-refractivity contribution in [3.63, 3.8) is 0 Å². The Labute approximate surface area is 188 Å². The van der Waals surface area contributed by atoms with Gasteiger partial charge >= 0.3 is 0 Å². The van der Waals surface area contributed by atoms with Crippen LogP contribution in [0.25, 0.3) is 0 Å². The van der Waals surface area contributed by atoms with E-state index in [4.69, 9.17) is 4.99 Å². The van der Waals surface area contributed by atoms with Gasteiger partial charge in [0, 0.05) is 12.0 Å². The first-order valence-electron chi connectivity index (χ1n) is 10.9. The zero-order valence-electron chi connectivity index (χ0n) is 18.0. The molecule has 32 heavy (non-hydrogen) atoms. The van der Waals surface area contributed by atoms with Crippen molar-refractivity contribution in [2.75, 3.05) is 4.90 Å². The number of amides is 1. The molecule has 1 aliphatic heterocycles. The van der Waals surface area contributed by atoms with Crippen LogP contribution < -0.4 is 4.90 Å². The molecule has 1 atom stereocenters. The lowest BCUT2D eigenvalue weighted by Crippen LogP contribution is -2.35. The number of aliphatic imine (C=N–C) groups is 1. The number of nitrogens with zero attached hydrogens (tertiary/aromatic N) is 2. The molecule has 156 valence electrons. The second-order valence-corrected chi connectivity index (χ2v) is 8.09. The van der Waals surface area contributed by atoms with Gasteiger partial charge in [-0.1, -0.05) is 90.5 Å². The van der Waals surface area contributed by atoms with E-state index in [0.717, 1.165) is 28.2 Å². The van der Waals surface area contributed by atoms with Crippen LogP contribution >= 0.6 is 0 Å². The third-order valence-corrected chi connectivity index (χ3v) is 5.90. The van der Waals surface area contributed by atoms with Crippen LogP contribution in [0.5, 0.6) is 0 Å². The Morgan fingerprint density at radius 1 is 0.781 bits per heavy atom. The van der Waals surface area contributed by atoms with E-state index in [1.165, 1.54) is 5.56 Å². The largest absolute Gasteiger partial charge is 0.298 e. The second-order valence-electron chi connectivity index (χ2n) is 8.09. The number of aryl methyl sites for hydroxylation is 1. The summed E-state index contributed by atoms with van der Waals surface area (Å²) in [5, 5.41) is 0. The highest BCUT2D eigenvalue weighted by Crippen LogP contribution is 2.41. The Morgan fingerprint density at radius 2 is 1.41 bits per heavy atom. The first kappa shape index (κ1) is 20.0. The molecule has 3 heteroatoms. The molecular weight excluding hydrogens is 392 g/mol. The fraction of sp³-hybridized carbons (Fsp3) is 0.103. The number of benzene rings is 4. The summed E-state index contributed by atoms with van der Waals surface area (Å²) in [5.41, 5.74) is 6.66. The molecule has 0 aliphatic carbocycles. The molecule has 5 rings (SSSR count). The molecule has 3 nitrogen and oxygen atoms in total. The van der Waals surface area contributed by atoms with Gasteiger partial charge in [0.1, 0.15) is 0 Å². The molecule has 0 bridgehead atoms. The van der Waals surface area contributed by atoms with Crippen LogP contribution in [-0.2, 0) is 0 Å². The molecule has 0 radical (unpaired) electrons. The molecule has 1 heterocycles. The highest BCUT2D eigenvalue weighted by Gasteiger charge is 2.33. The summed E-state index contributed by atoms with van der Waals surface area (Å²) in [7, 11) is 0. The third kappa shape index (κ3) is 3.85. The van der Waals surface area contributed by atoms with Crippen molar-refractivity contribution >= 4 is 23.0 Å². The third-order valence-electron chi connectivity index (χ3n) is 5.90. The fourth-order valence-electron chi connectivity index (χ4n) is 4.23. The van der Waals surface area contributed by atoms with Gasteiger partial charge in [-0.05, 0) is 42.3 Å². The molecule has 1 aliphatic rings. The van der Waals surface area contributed by atoms with E-state index in [-0.39, 0.29) is 11.9 Å². The van der Waals surface area contributed by atoms with E-state index in [9.17, 15) is 4.79 Å². The number of fused-ring (bicyclic) bond motifs is 1. The van der Waals surface area contributed by atoms with Crippen LogP contribution in [0.2, 0.25) is 0 Å². The van der Waals surface area contributed by atoms with E-state index in [1.54, 1.807) is 0 Å².